The van der Waals surface area contributed by atoms with Crippen LogP contribution in [0.3, 0.4) is 0 Å². The van der Waals surface area contributed by atoms with Crippen molar-refractivity contribution in [3.63, 3.8) is 0 Å². The molecule has 0 spiro atoms. The maximum absolute atomic E-state index is 15.0. The van der Waals surface area contributed by atoms with Gasteiger partial charge in [-0.05, 0) is 66.6 Å². The van der Waals surface area contributed by atoms with Gasteiger partial charge in [0.2, 0.25) is 5.75 Å². The van der Waals surface area contributed by atoms with Gasteiger partial charge >= 0.3 is 13.4 Å². The monoisotopic (exact) mass is 602 g/mol. The normalized spacial score (nSPS) is 15.6. The van der Waals surface area contributed by atoms with E-state index in [1.807, 2.05) is 0 Å². The van der Waals surface area contributed by atoms with Crippen LogP contribution in [0.4, 0.5) is 14.5 Å². The van der Waals surface area contributed by atoms with Crippen LogP contribution in [-0.4, -0.2) is 65.3 Å². The highest BCUT2D eigenvalue weighted by Gasteiger charge is 2.50. The summed E-state index contributed by atoms with van der Waals surface area (Å²) in [6.45, 7) is 3.86. The molecule has 2 fully saturated rings. The average molecular weight is 603 g/mol. The van der Waals surface area contributed by atoms with Crippen LogP contribution < -0.4 is 9.47 Å². The number of hydrogen-bond acceptors (Lipinski definition) is 7. The highest BCUT2D eigenvalue weighted by atomic mass is 31.2. The summed E-state index contributed by atoms with van der Waals surface area (Å²) in [4.78, 5) is 24.5. The van der Waals surface area contributed by atoms with Crippen molar-refractivity contribution in [1.82, 2.24) is 14.2 Å². The third-order valence-corrected chi connectivity index (χ3v) is 9.51. The van der Waals surface area contributed by atoms with Crippen molar-refractivity contribution in [2.75, 3.05) is 40.3 Å². The van der Waals surface area contributed by atoms with E-state index in [1.165, 1.54) is 47.4 Å². The molecule has 0 aliphatic carbocycles. The lowest BCUT2D eigenvalue weighted by molar-refractivity contribution is -0.385. The molecule has 1 atom stereocenters. The molecule has 0 aromatic heterocycles. The van der Waals surface area contributed by atoms with Gasteiger partial charge in [0.25, 0.3) is 5.91 Å². The Morgan fingerprint density at radius 2 is 1.62 bits per heavy atom. The number of nitrogens with zero attached hydrogens (tertiary/aromatic N) is 4. The lowest BCUT2D eigenvalue weighted by Gasteiger charge is -2.24. The first-order valence-electron chi connectivity index (χ1n) is 13.1. The first-order valence-corrected chi connectivity index (χ1v) is 14.7. The van der Waals surface area contributed by atoms with Crippen LogP contribution in [0.15, 0.2) is 54.6 Å². The molecule has 2 aliphatic heterocycles. The molecule has 2 saturated heterocycles. The van der Waals surface area contributed by atoms with Crippen LogP contribution in [0.2, 0.25) is 0 Å². The molecule has 0 saturated carbocycles. The average Bonchev–Trinajstić information content (AvgIpc) is 3.85. The third-order valence-electron chi connectivity index (χ3n) is 6.69. The van der Waals surface area contributed by atoms with Gasteiger partial charge in [0.1, 0.15) is 12.4 Å². The molecule has 11 nitrogen and oxygen atoms in total. The molecule has 222 valence electrons. The molecular formula is C28H29F2N4O7P. The lowest BCUT2D eigenvalue weighted by atomic mass is 10.1. The van der Waals surface area contributed by atoms with Crippen LogP contribution in [0.25, 0.3) is 0 Å². The van der Waals surface area contributed by atoms with Crippen molar-refractivity contribution >= 4 is 19.3 Å². The SMILES string of the molecule is CC(OP(=O)(N1CC1)N1CC1)c1cc(F)c(OCc2ccc([N+](=O)[O-])c(Oc3ccc(C(=O)N(C)C)cc3)c2)c(F)c1. The quantitative estimate of drug-likeness (QED) is 0.110. The molecule has 1 unspecified atom stereocenters. The minimum absolute atomic E-state index is 0.114. The summed E-state index contributed by atoms with van der Waals surface area (Å²) in [5.74, 6) is -2.66. The number of hydrogen-bond donors (Lipinski definition) is 0. The summed E-state index contributed by atoms with van der Waals surface area (Å²) in [7, 11) is 0.0373. The Labute approximate surface area is 240 Å². The van der Waals surface area contributed by atoms with Gasteiger partial charge in [0.05, 0.1) is 11.0 Å². The zero-order valence-electron chi connectivity index (χ0n) is 23.2. The predicted molar refractivity (Wildman–Crippen MR) is 149 cm³/mol. The van der Waals surface area contributed by atoms with Crippen LogP contribution in [-0.2, 0) is 15.7 Å². The van der Waals surface area contributed by atoms with Gasteiger partial charge in [-0.15, -0.1) is 0 Å². The van der Waals surface area contributed by atoms with Crippen molar-refractivity contribution in [3.8, 4) is 17.2 Å². The van der Waals surface area contributed by atoms with E-state index in [9.17, 15) is 28.3 Å². The fourth-order valence-electron chi connectivity index (χ4n) is 4.21. The fourth-order valence-corrected chi connectivity index (χ4v) is 6.56. The van der Waals surface area contributed by atoms with E-state index >= 15 is 0 Å². The second kappa shape index (κ2) is 11.8. The van der Waals surface area contributed by atoms with Crippen molar-refractivity contribution in [2.24, 2.45) is 0 Å². The number of nitro benzene ring substituents is 1. The number of carbonyl (C=O) groups is 1. The maximum atomic E-state index is 15.0. The number of rotatable bonds is 12. The Kier molecular flexibility index (Phi) is 8.29. The highest BCUT2D eigenvalue weighted by molar-refractivity contribution is 7.54. The van der Waals surface area contributed by atoms with E-state index in [-0.39, 0.29) is 35.3 Å². The number of carbonyl (C=O) groups excluding carboxylic acids is 1. The summed E-state index contributed by atoms with van der Waals surface area (Å²) < 4.78 is 63.6. The molecule has 0 N–H and O–H groups in total. The Bertz CT molecular complexity index is 1520. The van der Waals surface area contributed by atoms with Crippen molar-refractivity contribution in [1.29, 1.82) is 0 Å². The summed E-state index contributed by atoms with van der Waals surface area (Å²) in [5.41, 5.74) is 0.610. The molecule has 5 rings (SSSR count). The molecule has 3 aromatic rings. The number of amides is 1. The lowest BCUT2D eigenvalue weighted by Crippen LogP contribution is -2.21. The predicted octanol–water partition coefficient (Wildman–Crippen LogP) is 5.76. The molecule has 0 radical (unpaired) electrons. The zero-order chi connectivity index (χ0) is 30.2. The molecule has 2 aliphatic rings. The van der Waals surface area contributed by atoms with Crippen LogP contribution in [0.1, 0.15) is 34.5 Å². The number of halogens is 2. The topological polar surface area (TPSA) is 114 Å². The summed E-state index contributed by atoms with van der Waals surface area (Å²) in [6, 6.07) is 12.2. The highest BCUT2D eigenvalue weighted by Crippen LogP contribution is 2.63. The number of benzene rings is 3. The Morgan fingerprint density at radius 3 is 2.14 bits per heavy atom. The maximum Gasteiger partial charge on any atom is 0.346 e. The molecule has 1 amide bonds. The van der Waals surface area contributed by atoms with Gasteiger partial charge < -0.3 is 14.4 Å². The Hall–Kier alpha value is -3.90. The summed E-state index contributed by atoms with van der Waals surface area (Å²) >= 11 is 0. The zero-order valence-corrected chi connectivity index (χ0v) is 24.1. The van der Waals surface area contributed by atoms with Crippen molar-refractivity contribution < 1.29 is 37.1 Å². The van der Waals surface area contributed by atoms with E-state index in [4.69, 9.17) is 14.0 Å². The molecule has 0 bridgehead atoms. The van der Waals surface area contributed by atoms with Gasteiger partial charge in [0.15, 0.2) is 17.4 Å². The minimum atomic E-state index is -3.20. The molecule has 2 heterocycles. The molecular weight excluding hydrogens is 573 g/mol. The van der Waals surface area contributed by atoms with E-state index < -0.39 is 36.1 Å². The number of ether oxygens (including phenoxy) is 2. The fraction of sp³-hybridized carbons (Fsp3) is 0.321. The van der Waals surface area contributed by atoms with Gasteiger partial charge in [-0.1, -0.05) is 0 Å². The summed E-state index contributed by atoms with van der Waals surface area (Å²) in [5, 5.41) is 11.6. The van der Waals surface area contributed by atoms with E-state index in [0.29, 0.717) is 37.3 Å². The van der Waals surface area contributed by atoms with Crippen LogP contribution >= 0.6 is 7.67 Å². The Balaban J connectivity index is 1.29. The van der Waals surface area contributed by atoms with Gasteiger partial charge in [0, 0.05) is 51.9 Å². The van der Waals surface area contributed by atoms with Gasteiger partial charge in [-0.2, -0.15) is 0 Å². The van der Waals surface area contributed by atoms with E-state index in [0.717, 1.165) is 12.1 Å². The van der Waals surface area contributed by atoms with Gasteiger partial charge in [-0.25, -0.2) is 18.1 Å². The van der Waals surface area contributed by atoms with E-state index in [2.05, 4.69) is 0 Å². The Morgan fingerprint density at radius 1 is 1.02 bits per heavy atom. The second-order valence-electron chi connectivity index (χ2n) is 10.1. The minimum Gasteiger partial charge on any atom is -0.483 e. The molecule has 3 aromatic carbocycles. The first kappa shape index (κ1) is 29.6. The third kappa shape index (κ3) is 6.44. The smallest absolute Gasteiger partial charge is 0.346 e. The summed E-state index contributed by atoms with van der Waals surface area (Å²) in [6.07, 6.45) is -0.834. The van der Waals surface area contributed by atoms with Crippen LogP contribution in [0, 0.1) is 21.7 Å². The second-order valence-corrected chi connectivity index (χ2v) is 12.5. The van der Waals surface area contributed by atoms with Crippen molar-refractivity contribution in [2.45, 2.75) is 19.6 Å². The van der Waals surface area contributed by atoms with E-state index in [1.54, 1.807) is 30.4 Å². The molecule has 14 heteroatoms. The van der Waals surface area contributed by atoms with Crippen LogP contribution in [0.5, 0.6) is 17.2 Å². The standard InChI is InChI=1S/C28H29F2N4O7P/c1-18(41-42(38,32-10-11-32)33-12-13-33)21-15-23(29)27(24(30)16-21)39-17-19-4-9-25(34(36)37)26(14-19)40-22-7-5-20(6-8-22)28(35)31(2)3/h4-9,14-16,18H,10-13,17H2,1-3H3. The van der Waals surface area contributed by atoms with Crippen molar-refractivity contribution in [3.05, 3.63) is 93.0 Å². The molecule has 42 heavy (non-hydrogen) atoms. The first-order chi connectivity index (χ1) is 20.0. The number of nitro groups is 1. The largest absolute Gasteiger partial charge is 0.483 e. The van der Waals surface area contributed by atoms with Gasteiger partial charge in [-0.3, -0.25) is 24.0 Å².